The summed E-state index contributed by atoms with van der Waals surface area (Å²) in [5, 5.41) is 4.53. The van der Waals surface area contributed by atoms with Crippen molar-refractivity contribution in [2.24, 2.45) is 0 Å². The van der Waals surface area contributed by atoms with Gasteiger partial charge < -0.3 is 4.42 Å². The number of furan rings is 1. The van der Waals surface area contributed by atoms with Gasteiger partial charge >= 0.3 is 0 Å². The zero-order valence-electron chi connectivity index (χ0n) is 7.20. The summed E-state index contributed by atoms with van der Waals surface area (Å²) in [6.07, 6.45) is 0. The summed E-state index contributed by atoms with van der Waals surface area (Å²) in [6, 6.07) is 8.46. The predicted molar refractivity (Wildman–Crippen MR) is 56.3 cm³/mol. The number of benzene rings is 1. The van der Waals surface area contributed by atoms with E-state index in [-0.39, 0.29) is 0 Å². The summed E-state index contributed by atoms with van der Waals surface area (Å²) in [5.74, 6) is 0.980. The Balaban J connectivity index is 2.64. The maximum atomic E-state index is 5.65. The van der Waals surface area contributed by atoms with Gasteiger partial charge in [0.2, 0.25) is 0 Å². The molecule has 2 aromatic heterocycles. The molecule has 1 nitrogen and oxygen atoms in total. The summed E-state index contributed by atoms with van der Waals surface area (Å²) in [4.78, 5) is 0. The van der Waals surface area contributed by atoms with Gasteiger partial charge in [0.05, 0.1) is 0 Å². The van der Waals surface area contributed by atoms with Crippen LogP contribution in [-0.2, 0) is 0 Å². The molecular formula is C11H8OS. The molecule has 0 spiro atoms. The van der Waals surface area contributed by atoms with E-state index in [1.165, 1.54) is 15.5 Å². The van der Waals surface area contributed by atoms with Crippen molar-refractivity contribution >= 4 is 32.4 Å². The van der Waals surface area contributed by atoms with Crippen molar-refractivity contribution in [2.75, 3.05) is 0 Å². The normalized spacial score (nSPS) is 11.5. The standard InChI is InChI=1S/C11H8OS/c1-7-6-8-2-3-10-9(4-5-13-10)11(8)12-7/h2-6H,1H3. The van der Waals surface area contributed by atoms with Crippen LogP contribution in [0.1, 0.15) is 5.76 Å². The molecule has 0 radical (unpaired) electrons. The van der Waals surface area contributed by atoms with Crippen molar-refractivity contribution in [2.45, 2.75) is 6.92 Å². The topological polar surface area (TPSA) is 13.1 Å². The fourth-order valence-electron chi connectivity index (χ4n) is 1.67. The number of hydrogen-bond acceptors (Lipinski definition) is 2. The lowest BCUT2D eigenvalue weighted by Crippen LogP contribution is -1.63. The zero-order chi connectivity index (χ0) is 8.84. The Hall–Kier alpha value is -1.28. The highest BCUT2D eigenvalue weighted by Gasteiger charge is 2.05. The van der Waals surface area contributed by atoms with Crippen molar-refractivity contribution in [1.29, 1.82) is 0 Å². The molecule has 2 heteroatoms. The lowest BCUT2D eigenvalue weighted by Gasteiger charge is -1.89. The van der Waals surface area contributed by atoms with Crippen LogP contribution >= 0.6 is 11.3 Å². The van der Waals surface area contributed by atoms with E-state index in [9.17, 15) is 0 Å². The molecule has 64 valence electrons. The van der Waals surface area contributed by atoms with Crippen LogP contribution in [0.3, 0.4) is 0 Å². The predicted octanol–water partition coefficient (Wildman–Crippen LogP) is 3.96. The smallest absolute Gasteiger partial charge is 0.142 e. The van der Waals surface area contributed by atoms with E-state index in [0.717, 1.165) is 11.3 Å². The zero-order valence-corrected chi connectivity index (χ0v) is 8.02. The van der Waals surface area contributed by atoms with Crippen LogP contribution in [0.15, 0.2) is 34.1 Å². The monoisotopic (exact) mass is 188 g/mol. The summed E-state index contributed by atoms with van der Waals surface area (Å²) >= 11 is 1.75. The number of fused-ring (bicyclic) bond motifs is 3. The van der Waals surface area contributed by atoms with Crippen molar-refractivity contribution < 1.29 is 4.42 Å². The molecule has 3 rings (SSSR count). The quantitative estimate of drug-likeness (QED) is 0.520. The van der Waals surface area contributed by atoms with Gasteiger partial charge in [0.1, 0.15) is 11.3 Å². The summed E-state index contributed by atoms with van der Waals surface area (Å²) in [5.41, 5.74) is 1.02. The summed E-state index contributed by atoms with van der Waals surface area (Å²) in [7, 11) is 0. The first-order valence-corrected chi connectivity index (χ1v) is 5.09. The highest BCUT2D eigenvalue weighted by molar-refractivity contribution is 7.17. The second kappa shape index (κ2) is 2.36. The third-order valence-corrected chi connectivity index (χ3v) is 3.12. The Morgan fingerprint density at radius 1 is 1.23 bits per heavy atom. The van der Waals surface area contributed by atoms with E-state index in [1.54, 1.807) is 11.3 Å². The molecule has 2 heterocycles. The third kappa shape index (κ3) is 0.923. The van der Waals surface area contributed by atoms with Gasteiger partial charge in [-0.1, -0.05) is 0 Å². The number of aryl methyl sites for hydroxylation is 1. The van der Waals surface area contributed by atoms with Crippen molar-refractivity contribution in [3.05, 3.63) is 35.4 Å². The molecule has 13 heavy (non-hydrogen) atoms. The van der Waals surface area contributed by atoms with Crippen LogP contribution in [-0.4, -0.2) is 0 Å². The fraction of sp³-hybridized carbons (Fsp3) is 0.0909. The highest BCUT2D eigenvalue weighted by Crippen LogP contribution is 2.30. The number of thiophene rings is 1. The molecule has 0 aliphatic carbocycles. The molecule has 0 saturated carbocycles. The van der Waals surface area contributed by atoms with Gasteiger partial charge in [0, 0.05) is 15.5 Å². The molecule has 0 bridgehead atoms. The van der Waals surface area contributed by atoms with E-state index >= 15 is 0 Å². The number of rotatable bonds is 0. The molecule has 0 N–H and O–H groups in total. The van der Waals surface area contributed by atoms with Gasteiger partial charge in [-0.05, 0) is 36.6 Å². The van der Waals surface area contributed by atoms with E-state index < -0.39 is 0 Å². The summed E-state index contributed by atoms with van der Waals surface area (Å²) < 4.78 is 6.94. The van der Waals surface area contributed by atoms with Gasteiger partial charge in [-0.25, -0.2) is 0 Å². The average molecular weight is 188 g/mol. The van der Waals surface area contributed by atoms with Crippen LogP contribution in [0.2, 0.25) is 0 Å². The van der Waals surface area contributed by atoms with Gasteiger partial charge in [-0.2, -0.15) is 0 Å². The Morgan fingerprint density at radius 3 is 3.08 bits per heavy atom. The SMILES string of the molecule is Cc1cc2ccc3sccc3c2o1. The van der Waals surface area contributed by atoms with Crippen LogP contribution in [0.5, 0.6) is 0 Å². The first-order valence-electron chi connectivity index (χ1n) is 4.21. The number of hydrogen-bond donors (Lipinski definition) is 0. The second-order valence-corrected chi connectivity index (χ2v) is 4.12. The minimum absolute atomic E-state index is 0.980. The maximum absolute atomic E-state index is 5.65. The molecule has 0 aliphatic heterocycles. The Kier molecular flexibility index (Phi) is 1.30. The average Bonchev–Trinajstić information content (AvgIpc) is 2.65. The maximum Gasteiger partial charge on any atom is 0.142 e. The second-order valence-electron chi connectivity index (χ2n) is 3.17. The van der Waals surface area contributed by atoms with Gasteiger partial charge in [-0.15, -0.1) is 11.3 Å². The van der Waals surface area contributed by atoms with E-state index in [4.69, 9.17) is 4.42 Å². The van der Waals surface area contributed by atoms with Crippen molar-refractivity contribution in [3.63, 3.8) is 0 Å². The van der Waals surface area contributed by atoms with Crippen LogP contribution in [0.4, 0.5) is 0 Å². The largest absolute Gasteiger partial charge is 0.461 e. The van der Waals surface area contributed by atoms with Crippen LogP contribution in [0, 0.1) is 6.92 Å². The fourth-order valence-corrected chi connectivity index (χ4v) is 2.46. The molecule has 0 amide bonds. The van der Waals surface area contributed by atoms with Crippen LogP contribution < -0.4 is 0 Å². The Labute approximate surface area is 79.6 Å². The minimum Gasteiger partial charge on any atom is -0.461 e. The molecule has 1 aromatic carbocycles. The van der Waals surface area contributed by atoms with Crippen molar-refractivity contribution in [3.8, 4) is 0 Å². The van der Waals surface area contributed by atoms with Gasteiger partial charge in [0.15, 0.2) is 0 Å². The molecule has 0 aliphatic rings. The molecular weight excluding hydrogens is 180 g/mol. The molecule has 0 unspecified atom stereocenters. The van der Waals surface area contributed by atoms with E-state index in [1.807, 2.05) is 6.92 Å². The first kappa shape index (κ1) is 7.15. The highest BCUT2D eigenvalue weighted by atomic mass is 32.1. The molecule has 0 fully saturated rings. The Morgan fingerprint density at radius 2 is 2.15 bits per heavy atom. The van der Waals surface area contributed by atoms with Gasteiger partial charge in [-0.3, -0.25) is 0 Å². The van der Waals surface area contributed by atoms with E-state index in [0.29, 0.717) is 0 Å². The molecule has 3 aromatic rings. The van der Waals surface area contributed by atoms with Gasteiger partial charge in [0.25, 0.3) is 0 Å². The lowest BCUT2D eigenvalue weighted by molar-refractivity contribution is 0.581. The van der Waals surface area contributed by atoms with E-state index in [2.05, 4.69) is 29.6 Å². The third-order valence-electron chi connectivity index (χ3n) is 2.24. The Bertz CT molecular complexity index is 574. The minimum atomic E-state index is 0.980. The lowest BCUT2D eigenvalue weighted by atomic mass is 10.2. The molecule has 0 atom stereocenters. The first-order chi connectivity index (χ1) is 6.34. The molecule has 0 saturated heterocycles. The summed E-state index contributed by atoms with van der Waals surface area (Å²) in [6.45, 7) is 1.98. The van der Waals surface area contributed by atoms with Crippen molar-refractivity contribution in [1.82, 2.24) is 0 Å². The van der Waals surface area contributed by atoms with Crippen LogP contribution in [0.25, 0.3) is 21.1 Å².